The summed E-state index contributed by atoms with van der Waals surface area (Å²) in [6, 6.07) is 3.17. The average molecular weight is 233 g/mol. The van der Waals surface area contributed by atoms with E-state index in [0.29, 0.717) is 0 Å². The monoisotopic (exact) mass is 233 g/mol. The first kappa shape index (κ1) is 12.8. The van der Waals surface area contributed by atoms with Gasteiger partial charge in [0.25, 0.3) is 0 Å². The minimum Gasteiger partial charge on any atom is -0.483 e. The lowest BCUT2D eigenvalue weighted by molar-refractivity contribution is -0.153. The molecule has 1 aromatic rings. The van der Waals surface area contributed by atoms with Gasteiger partial charge in [0.2, 0.25) is 0 Å². The minimum atomic E-state index is -4.32. The largest absolute Gasteiger partial charge is 0.483 e. The molecule has 0 aliphatic rings. The SMILES string of the molecule is CC(C)(C)c1ccc(OCC(F)(F)F)cn1. The van der Waals surface area contributed by atoms with Crippen LogP contribution >= 0.6 is 0 Å². The van der Waals surface area contributed by atoms with Crippen LogP contribution < -0.4 is 4.74 Å². The Labute approximate surface area is 92.5 Å². The van der Waals surface area contributed by atoms with E-state index in [2.05, 4.69) is 9.72 Å². The van der Waals surface area contributed by atoms with Crippen LogP contribution in [0.5, 0.6) is 5.75 Å². The summed E-state index contributed by atoms with van der Waals surface area (Å²) in [7, 11) is 0. The molecular weight excluding hydrogens is 219 g/mol. The lowest BCUT2D eigenvalue weighted by Crippen LogP contribution is -2.19. The molecule has 0 aromatic carbocycles. The van der Waals surface area contributed by atoms with Gasteiger partial charge < -0.3 is 4.74 Å². The number of aromatic nitrogens is 1. The smallest absolute Gasteiger partial charge is 0.422 e. The van der Waals surface area contributed by atoms with E-state index in [1.165, 1.54) is 12.3 Å². The van der Waals surface area contributed by atoms with Gasteiger partial charge in [-0.3, -0.25) is 4.98 Å². The minimum absolute atomic E-state index is 0.122. The van der Waals surface area contributed by atoms with Gasteiger partial charge in [-0.1, -0.05) is 20.8 Å². The molecule has 0 aliphatic carbocycles. The summed E-state index contributed by atoms with van der Waals surface area (Å²) >= 11 is 0. The van der Waals surface area contributed by atoms with E-state index >= 15 is 0 Å². The van der Waals surface area contributed by atoms with Gasteiger partial charge >= 0.3 is 6.18 Å². The Morgan fingerprint density at radius 2 is 1.81 bits per heavy atom. The van der Waals surface area contributed by atoms with Crippen molar-refractivity contribution in [3.05, 3.63) is 24.0 Å². The molecule has 0 saturated heterocycles. The van der Waals surface area contributed by atoms with E-state index in [1.54, 1.807) is 6.07 Å². The van der Waals surface area contributed by atoms with Crippen molar-refractivity contribution in [2.24, 2.45) is 0 Å². The molecule has 1 rings (SSSR count). The van der Waals surface area contributed by atoms with Gasteiger partial charge in [-0.15, -0.1) is 0 Å². The maximum atomic E-state index is 11.9. The molecular formula is C11H14F3NO. The highest BCUT2D eigenvalue weighted by Gasteiger charge is 2.28. The number of hydrogen-bond donors (Lipinski definition) is 0. The molecule has 0 radical (unpaired) electrons. The average Bonchev–Trinajstić information content (AvgIpc) is 2.13. The predicted molar refractivity (Wildman–Crippen MR) is 54.5 cm³/mol. The van der Waals surface area contributed by atoms with Crippen molar-refractivity contribution in [3.8, 4) is 5.75 Å². The standard InChI is InChI=1S/C11H14F3NO/c1-10(2,3)9-5-4-8(6-15-9)16-7-11(12,13)14/h4-6H,7H2,1-3H3. The van der Waals surface area contributed by atoms with Crippen molar-refractivity contribution in [1.29, 1.82) is 0 Å². The molecule has 0 amide bonds. The fourth-order valence-corrected chi connectivity index (χ4v) is 1.07. The lowest BCUT2D eigenvalue weighted by atomic mass is 9.92. The van der Waals surface area contributed by atoms with E-state index in [-0.39, 0.29) is 11.2 Å². The van der Waals surface area contributed by atoms with Crippen molar-refractivity contribution in [2.45, 2.75) is 32.4 Å². The van der Waals surface area contributed by atoms with E-state index < -0.39 is 12.8 Å². The second-order valence-electron chi connectivity index (χ2n) is 4.53. The number of halogens is 3. The fourth-order valence-electron chi connectivity index (χ4n) is 1.07. The first-order valence-corrected chi connectivity index (χ1v) is 4.84. The summed E-state index contributed by atoms with van der Waals surface area (Å²) < 4.78 is 40.1. The Bertz CT molecular complexity index is 338. The van der Waals surface area contributed by atoms with Crippen molar-refractivity contribution in [2.75, 3.05) is 6.61 Å². The van der Waals surface area contributed by atoms with Crippen LogP contribution in [0.4, 0.5) is 13.2 Å². The summed E-state index contributed by atoms with van der Waals surface area (Å²) in [6.07, 6.45) is -3.00. The van der Waals surface area contributed by atoms with Crippen LogP contribution in [0.2, 0.25) is 0 Å². The summed E-state index contributed by atoms with van der Waals surface area (Å²) in [5, 5.41) is 0. The van der Waals surface area contributed by atoms with Crippen LogP contribution in [-0.4, -0.2) is 17.8 Å². The molecule has 16 heavy (non-hydrogen) atoms. The third kappa shape index (κ3) is 4.08. The highest BCUT2D eigenvalue weighted by atomic mass is 19.4. The zero-order valence-electron chi connectivity index (χ0n) is 9.43. The number of pyridine rings is 1. The molecule has 2 nitrogen and oxygen atoms in total. The van der Waals surface area contributed by atoms with Crippen LogP contribution in [-0.2, 0) is 5.41 Å². The van der Waals surface area contributed by atoms with Crippen molar-refractivity contribution in [3.63, 3.8) is 0 Å². The van der Waals surface area contributed by atoms with Gasteiger partial charge in [0, 0.05) is 11.1 Å². The van der Waals surface area contributed by atoms with Gasteiger partial charge in [-0.2, -0.15) is 13.2 Å². The molecule has 0 spiro atoms. The third-order valence-corrected chi connectivity index (χ3v) is 1.91. The molecule has 5 heteroatoms. The number of ether oxygens (including phenoxy) is 1. The second kappa shape index (κ2) is 4.31. The van der Waals surface area contributed by atoms with E-state index in [4.69, 9.17) is 0 Å². The van der Waals surface area contributed by atoms with Crippen LogP contribution in [0.1, 0.15) is 26.5 Å². The van der Waals surface area contributed by atoms with E-state index in [1.807, 2.05) is 20.8 Å². The Morgan fingerprint density at radius 1 is 1.19 bits per heavy atom. The summed E-state index contributed by atoms with van der Waals surface area (Å²) in [6.45, 7) is 4.65. The molecule has 0 fully saturated rings. The predicted octanol–water partition coefficient (Wildman–Crippen LogP) is 3.32. The number of nitrogens with zero attached hydrogens (tertiary/aromatic N) is 1. The summed E-state index contributed by atoms with van der Waals surface area (Å²) in [5.41, 5.74) is 0.689. The van der Waals surface area contributed by atoms with Crippen molar-refractivity contribution >= 4 is 0 Å². The maximum Gasteiger partial charge on any atom is 0.422 e. The molecule has 0 unspecified atom stereocenters. The zero-order valence-corrected chi connectivity index (χ0v) is 9.43. The van der Waals surface area contributed by atoms with Gasteiger partial charge in [-0.05, 0) is 12.1 Å². The second-order valence-corrected chi connectivity index (χ2v) is 4.53. The van der Waals surface area contributed by atoms with Gasteiger partial charge in [0.1, 0.15) is 5.75 Å². The fraction of sp³-hybridized carbons (Fsp3) is 0.545. The molecule has 1 heterocycles. The van der Waals surface area contributed by atoms with Crippen molar-refractivity contribution in [1.82, 2.24) is 4.98 Å². The van der Waals surface area contributed by atoms with Gasteiger partial charge in [0.05, 0.1) is 6.20 Å². The maximum absolute atomic E-state index is 11.9. The molecule has 0 bridgehead atoms. The van der Waals surface area contributed by atoms with Crippen LogP contribution in [0.25, 0.3) is 0 Å². The Kier molecular flexibility index (Phi) is 3.45. The van der Waals surface area contributed by atoms with E-state index in [9.17, 15) is 13.2 Å². The highest BCUT2D eigenvalue weighted by molar-refractivity contribution is 5.23. The van der Waals surface area contributed by atoms with Gasteiger partial charge in [-0.25, -0.2) is 0 Å². The Morgan fingerprint density at radius 3 is 2.19 bits per heavy atom. The number of rotatable bonds is 2. The molecule has 0 atom stereocenters. The highest BCUT2D eigenvalue weighted by Crippen LogP contribution is 2.22. The molecule has 1 aromatic heterocycles. The first-order valence-electron chi connectivity index (χ1n) is 4.84. The number of hydrogen-bond acceptors (Lipinski definition) is 2. The molecule has 0 aliphatic heterocycles. The van der Waals surface area contributed by atoms with Gasteiger partial charge in [0.15, 0.2) is 6.61 Å². The Balaban J connectivity index is 2.66. The lowest BCUT2D eigenvalue weighted by Gasteiger charge is -2.17. The molecule has 0 saturated carbocycles. The van der Waals surface area contributed by atoms with E-state index in [0.717, 1.165) is 5.69 Å². The quantitative estimate of drug-likeness (QED) is 0.781. The molecule has 90 valence electrons. The van der Waals surface area contributed by atoms with Crippen LogP contribution in [0, 0.1) is 0 Å². The Hall–Kier alpha value is -1.26. The van der Waals surface area contributed by atoms with Crippen molar-refractivity contribution < 1.29 is 17.9 Å². The topological polar surface area (TPSA) is 22.1 Å². The molecule has 0 N–H and O–H groups in total. The zero-order chi connectivity index (χ0) is 12.4. The summed E-state index contributed by atoms with van der Waals surface area (Å²) in [4.78, 5) is 4.06. The number of alkyl halides is 3. The first-order chi connectivity index (χ1) is 7.18. The summed E-state index contributed by atoms with van der Waals surface area (Å²) in [5.74, 6) is 0.130. The van der Waals surface area contributed by atoms with Crippen LogP contribution in [0.3, 0.4) is 0 Å². The normalized spacial score (nSPS) is 12.6. The third-order valence-electron chi connectivity index (χ3n) is 1.91. The van der Waals surface area contributed by atoms with Crippen LogP contribution in [0.15, 0.2) is 18.3 Å².